The van der Waals surface area contributed by atoms with Gasteiger partial charge in [0.25, 0.3) is 5.91 Å². The molecule has 2 saturated carbocycles. The van der Waals surface area contributed by atoms with Gasteiger partial charge < -0.3 is 19.4 Å². The standard InChI is InChI=1S/C33H48N2O3/c1-23-28(30(36)34-19-33(20-37-6)21-38-22-33)17-29(35(23)18-24-10-8-7-9-11-24)25-14-26(31(2,3)4)16-27(15-25)32(5)12-13-32/h14-17,24H,7-13,18-22H2,1-6H3,(H,34,36). The molecule has 38 heavy (non-hydrogen) atoms. The van der Waals surface area contributed by atoms with Gasteiger partial charge in [0, 0.05) is 31.6 Å². The van der Waals surface area contributed by atoms with E-state index in [0.717, 1.165) is 17.8 Å². The summed E-state index contributed by atoms with van der Waals surface area (Å²) < 4.78 is 13.3. The van der Waals surface area contributed by atoms with Crippen molar-refractivity contribution in [2.45, 2.75) is 96.9 Å². The zero-order valence-corrected chi connectivity index (χ0v) is 24.5. The molecule has 2 heterocycles. The Hall–Kier alpha value is -2.11. The predicted octanol–water partition coefficient (Wildman–Crippen LogP) is 6.79. The van der Waals surface area contributed by atoms with Crippen LogP contribution in [0.15, 0.2) is 24.3 Å². The fraction of sp³-hybridized carbons (Fsp3) is 0.667. The molecule has 2 aliphatic carbocycles. The topological polar surface area (TPSA) is 52.5 Å². The Morgan fingerprint density at radius 1 is 1.11 bits per heavy atom. The van der Waals surface area contributed by atoms with Crippen LogP contribution in [0.25, 0.3) is 11.3 Å². The Bertz CT molecular complexity index is 1130. The second-order valence-corrected chi connectivity index (χ2v) is 13.9. The van der Waals surface area contributed by atoms with E-state index in [1.54, 1.807) is 7.11 Å². The second-order valence-electron chi connectivity index (χ2n) is 13.9. The summed E-state index contributed by atoms with van der Waals surface area (Å²) in [4.78, 5) is 13.6. The van der Waals surface area contributed by atoms with E-state index in [1.807, 2.05) is 0 Å². The van der Waals surface area contributed by atoms with Crippen molar-refractivity contribution >= 4 is 5.91 Å². The van der Waals surface area contributed by atoms with Gasteiger partial charge in [0.2, 0.25) is 0 Å². The molecule has 0 atom stereocenters. The van der Waals surface area contributed by atoms with Gasteiger partial charge in [-0.3, -0.25) is 4.79 Å². The Labute approximate surface area is 229 Å². The lowest BCUT2D eigenvalue weighted by Gasteiger charge is -2.40. The fourth-order valence-corrected chi connectivity index (χ4v) is 6.31. The van der Waals surface area contributed by atoms with Crippen LogP contribution in [0, 0.1) is 18.3 Å². The average molecular weight is 521 g/mol. The molecule has 5 rings (SSSR count). The van der Waals surface area contributed by atoms with Crippen molar-refractivity contribution in [3.63, 3.8) is 0 Å². The Morgan fingerprint density at radius 3 is 2.39 bits per heavy atom. The molecule has 1 N–H and O–H groups in total. The van der Waals surface area contributed by atoms with Crippen molar-refractivity contribution in [2.24, 2.45) is 11.3 Å². The van der Waals surface area contributed by atoms with Gasteiger partial charge in [-0.15, -0.1) is 0 Å². The minimum atomic E-state index is -0.110. The van der Waals surface area contributed by atoms with Crippen molar-refractivity contribution in [3.05, 3.63) is 46.6 Å². The summed E-state index contributed by atoms with van der Waals surface area (Å²) in [5.74, 6) is 0.683. The van der Waals surface area contributed by atoms with Gasteiger partial charge in [-0.05, 0) is 84.2 Å². The third-order valence-corrected chi connectivity index (χ3v) is 9.46. The fourth-order valence-electron chi connectivity index (χ4n) is 6.31. The molecule has 5 heteroatoms. The van der Waals surface area contributed by atoms with E-state index in [9.17, 15) is 4.79 Å². The van der Waals surface area contributed by atoms with Crippen LogP contribution >= 0.6 is 0 Å². The van der Waals surface area contributed by atoms with E-state index in [1.165, 1.54) is 67.3 Å². The first kappa shape index (κ1) is 27.5. The molecule has 0 radical (unpaired) electrons. The summed E-state index contributed by atoms with van der Waals surface area (Å²) in [6.07, 6.45) is 9.06. The predicted molar refractivity (Wildman–Crippen MR) is 154 cm³/mol. The van der Waals surface area contributed by atoms with Crippen LogP contribution in [-0.4, -0.2) is 43.9 Å². The third-order valence-electron chi connectivity index (χ3n) is 9.46. The second kappa shape index (κ2) is 10.5. The quantitative estimate of drug-likeness (QED) is 0.396. The molecule has 0 spiro atoms. The molecule has 1 aromatic carbocycles. The molecule has 3 aliphatic rings. The SMILES string of the molecule is COCC1(CNC(=O)c2cc(-c3cc(C(C)(C)C)cc(C4(C)CC4)c3)n(CC3CCCCC3)c2C)COC1. The first-order chi connectivity index (χ1) is 18.0. The largest absolute Gasteiger partial charge is 0.384 e. The number of ether oxygens (including phenoxy) is 2. The molecule has 208 valence electrons. The summed E-state index contributed by atoms with van der Waals surface area (Å²) in [7, 11) is 1.71. The lowest BCUT2D eigenvalue weighted by Crippen LogP contribution is -2.53. The summed E-state index contributed by atoms with van der Waals surface area (Å²) in [5.41, 5.74) is 7.37. The molecule has 1 amide bonds. The van der Waals surface area contributed by atoms with E-state index in [-0.39, 0.29) is 22.2 Å². The molecule has 1 aromatic heterocycles. The maximum Gasteiger partial charge on any atom is 0.253 e. The Kier molecular flexibility index (Phi) is 7.56. The average Bonchev–Trinajstić information content (AvgIpc) is 3.54. The molecular formula is C33H48N2O3. The lowest BCUT2D eigenvalue weighted by atomic mass is 9.82. The number of hydrogen-bond donors (Lipinski definition) is 1. The summed E-state index contributed by atoms with van der Waals surface area (Å²) >= 11 is 0. The highest BCUT2D eigenvalue weighted by atomic mass is 16.5. The molecule has 3 fully saturated rings. The van der Waals surface area contributed by atoms with Crippen molar-refractivity contribution in [2.75, 3.05) is 33.5 Å². The van der Waals surface area contributed by atoms with Gasteiger partial charge in [-0.2, -0.15) is 0 Å². The van der Waals surface area contributed by atoms with E-state index in [0.29, 0.717) is 32.3 Å². The minimum Gasteiger partial charge on any atom is -0.384 e. The molecule has 0 bridgehead atoms. The summed E-state index contributed by atoms with van der Waals surface area (Å²) in [6.45, 7) is 14.9. The number of rotatable bonds is 9. The first-order valence-electron chi connectivity index (χ1n) is 14.8. The maximum atomic E-state index is 13.6. The van der Waals surface area contributed by atoms with Gasteiger partial charge in [0.05, 0.1) is 30.8 Å². The van der Waals surface area contributed by atoms with Crippen LogP contribution in [0.1, 0.15) is 99.8 Å². The third kappa shape index (κ3) is 5.60. The Morgan fingerprint density at radius 2 is 1.82 bits per heavy atom. The van der Waals surface area contributed by atoms with Crippen LogP contribution < -0.4 is 5.32 Å². The number of hydrogen-bond acceptors (Lipinski definition) is 3. The van der Waals surface area contributed by atoms with Crippen molar-refractivity contribution in [3.8, 4) is 11.3 Å². The number of aromatic nitrogens is 1. The number of nitrogens with one attached hydrogen (secondary N) is 1. The van der Waals surface area contributed by atoms with Gasteiger partial charge in [0.15, 0.2) is 0 Å². The van der Waals surface area contributed by atoms with E-state index < -0.39 is 0 Å². The van der Waals surface area contributed by atoms with Gasteiger partial charge in [0.1, 0.15) is 0 Å². The maximum absolute atomic E-state index is 13.6. The minimum absolute atomic E-state index is 0.00914. The molecule has 1 saturated heterocycles. The smallest absolute Gasteiger partial charge is 0.253 e. The number of benzene rings is 1. The van der Waals surface area contributed by atoms with E-state index >= 15 is 0 Å². The molecule has 5 nitrogen and oxygen atoms in total. The highest BCUT2D eigenvalue weighted by Crippen LogP contribution is 2.49. The zero-order valence-electron chi connectivity index (χ0n) is 24.5. The van der Waals surface area contributed by atoms with Crippen molar-refractivity contribution in [1.82, 2.24) is 9.88 Å². The number of amides is 1. The number of methoxy groups -OCH3 is 1. The van der Waals surface area contributed by atoms with E-state index in [2.05, 4.69) is 68.8 Å². The normalized spacial score (nSPS) is 20.7. The molecule has 1 aliphatic heterocycles. The lowest BCUT2D eigenvalue weighted by molar-refractivity contribution is -0.139. The molecular weight excluding hydrogens is 472 g/mol. The van der Waals surface area contributed by atoms with Gasteiger partial charge in [-0.1, -0.05) is 53.0 Å². The Balaban J connectivity index is 1.52. The number of nitrogens with zero attached hydrogens (tertiary/aromatic N) is 1. The number of carbonyl (C=O) groups is 1. The summed E-state index contributed by atoms with van der Waals surface area (Å²) in [5, 5.41) is 3.23. The van der Waals surface area contributed by atoms with Crippen LogP contribution in [0.5, 0.6) is 0 Å². The van der Waals surface area contributed by atoms with Crippen LogP contribution in [0.4, 0.5) is 0 Å². The van der Waals surface area contributed by atoms with Gasteiger partial charge in [-0.25, -0.2) is 0 Å². The van der Waals surface area contributed by atoms with Crippen molar-refractivity contribution in [1.29, 1.82) is 0 Å². The highest BCUT2D eigenvalue weighted by molar-refractivity contribution is 5.97. The first-order valence-corrected chi connectivity index (χ1v) is 14.8. The summed E-state index contributed by atoms with van der Waals surface area (Å²) in [6, 6.07) is 9.38. The van der Waals surface area contributed by atoms with Gasteiger partial charge >= 0.3 is 0 Å². The highest BCUT2D eigenvalue weighted by Gasteiger charge is 2.41. The van der Waals surface area contributed by atoms with Crippen molar-refractivity contribution < 1.29 is 14.3 Å². The van der Waals surface area contributed by atoms with Crippen LogP contribution in [0.2, 0.25) is 0 Å². The molecule has 2 aromatic rings. The van der Waals surface area contributed by atoms with E-state index in [4.69, 9.17) is 9.47 Å². The molecule has 0 unspecified atom stereocenters. The zero-order chi connectivity index (χ0) is 27.1. The van der Waals surface area contributed by atoms with Crippen LogP contribution in [0.3, 0.4) is 0 Å². The monoisotopic (exact) mass is 520 g/mol. The van der Waals surface area contributed by atoms with Crippen LogP contribution in [-0.2, 0) is 26.8 Å². The number of carbonyl (C=O) groups excluding carboxylic acids is 1.